The molecule has 1 amide bonds. The molecule has 1 atom stereocenters. The van der Waals surface area contributed by atoms with Crippen LogP contribution in [0, 0.1) is 0 Å². The van der Waals surface area contributed by atoms with E-state index in [1.165, 1.54) is 19.1 Å². The largest absolute Gasteiger partial charge is 0.454 e. The summed E-state index contributed by atoms with van der Waals surface area (Å²) in [5.41, 5.74) is 1.61. The third-order valence-electron chi connectivity index (χ3n) is 3.76. The quantitative estimate of drug-likeness (QED) is 0.672. The van der Waals surface area contributed by atoms with Crippen molar-refractivity contribution in [2.45, 2.75) is 31.2 Å². The van der Waals surface area contributed by atoms with Crippen molar-refractivity contribution in [3.63, 3.8) is 0 Å². The van der Waals surface area contributed by atoms with E-state index in [1.54, 1.807) is 30.3 Å². The second kappa shape index (κ2) is 9.29. The summed E-state index contributed by atoms with van der Waals surface area (Å²) in [5, 5.41) is 2.68. The van der Waals surface area contributed by atoms with E-state index in [4.69, 9.17) is 4.74 Å². The van der Waals surface area contributed by atoms with Gasteiger partial charge in [0.1, 0.15) is 6.04 Å². The Morgan fingerprint density at radius 3 is 2.33 bits per heavy atom. The third-order valence-corrected chi connectivity index (χ3v) is 5.31. The zero-order valence-electron chi connectivity index (χ0n) is 15.1. The normalized spacial score (nSPS) is 12.2. The predicted octanol–water partition coefficient (Wildman–Crippen LogP) is 2.10. The van der Waals surface area contributed by atoms with Gasteiger partial charge in [-0.3, -0.25) is 9.59 Å². The number of hydrogen-bond donors (Lipinski definition) is 2. The Morgan fingerprint density at radius 1 is 1.04 bits per heavy atom. The molecule has 0 saturated carbocycles. The molecule has 0 saturated heterocycles. The summed E-state index contributed by atoms with van der Waals surface area (Å²) in [7, 11) is -3.85. The molecule has 0 heterocycles. The van der Waals surface area contributed by atoms with Crippen LogP contribution in [0.2, 0.25) is 0 Å². The lowest BCUT2D eigenvalue weighted by Crippen LogP contribution is -2.40. The summed E-state index contributed by atoms with van der Waals surface area (Å²) in [6, 6.07) is 13.9. The maximum atomic E-state index is 12.2. The Kier molecular flexibility index (Phi) is 7.09. The van der Waals surface area contributed by atoms with Crippen LogP contribution < -0.4 is 10.0 Å². The second-order valence-corrected chi connectivity index (χ2v) is 7.54. The third kappa shape index (κ3) is 5.90. The van der Waals surface area contributed by atoms with E-state index in [1.807, 2.05) is 19.1 Å². The van der Waals surface area contributed by atoms with E-state index >= 15 is 0 Å². The number of ether oxygens (including phenoxy) is 1. The van der Waals surface area contributed by atoms with E-state index in [0.29, 0.717) is 5.69 Å². The molecule has 0 spiro atoms. The highest BCUT2D eigenvalue weighted by atomic mass is 32.2. The molecule has 0 aliphatic rings. The van der Waals surface area contributed by atoms with Gasteiger partial charge in [-0.25, -0.2) is 8.42 Å². The number of aryl methyl sites for hydroxylation is 1. The number of carbonyl (C=O) groups excluding carboxylic acids is 2. The zero-order chi connectivity index (χ0) is 19.9. The smallest absolute Gasteiger partial charge is 0.324 e. The fraction of sp³-hybridized carbons (Fsp3) is 0.263. The Labute approximate surface area is 158 Å². The van der Waals surface area contributed by atoms with Crippen LogP contribution >= 0.6 is 0 Å². The highest BCUT2D eigenvalue weighted by Crippen LogP contribution is 2.15. The minimum Gasteiger partial charge on any atom is -0.454 e. The van der Waals surface area contributed by atoms with E-state index in [-0.39, 0.29) is 4.90 Å². The van der Waals surface area contributed by atoms with Crippen molar-refractivity contribution in [2.24, 2.45) is 0 Å². The van der Waals surface area contributed by atoms with Gasteiger partial charge in [0.2, 0.25) is 10.0 Å². The van der Waals surface area contributed by atoms with Crippen molar-refractivity contribution in [1.29, 1.82) is 0 Å². The minimum absolute atomic E-state index is 0.0403. The molecule has 0 aromatic heterocycles. The number of benzene rings is 2. The highest BCUT2D eigenvalue weighted by molar-refractivity contribution is 7.89. The monoisotopic (exact) mass is 390 g/mol. The van der Waals surface area contributed by atoms with Crippen LogP contribution in [0.3, 0.4) is 0 Å². The van der Waals surface area contributed by atoms with Gasteiger partial charge in [-0.05, 0) is 37.1 Å². The second-order valence-electron chi connectivity index (χ2n) is 5.82. The van der Waals surface area contributed by atoms with Gasteiger partial charge in [-0.2, -0.15) is 4.72 Å². The van der Waals surface area contributed by atoms with Crippen molar-refractivity contribution in [3.05, 3.63) is 60.2 Å². The number of para-hydroxylation sites is 1. The molecule has 27 heavy (non-hydrogen) atoms. The summed E-state index contributed by atoms with van der Waals surface area (Å²) >= 11 is 0. The Morgan fingerprint density at radius 2 is 1.67 bits per heavy atom. The number of sulfonamides is 1. The summed E-state index contributed by atoms with van der Waals surface area (Å²) in [6.07, 6.45) is 0.745. The lowest BCUT2D eigenvalue weighted by molar-refractivity contribution is -0.148. The van der Waals surface area contributed by atoms with Crippen LogP contribution in [0.4, 0.5) is 5.69 Å². The van der Waals surface area contributed by atoms with Crippen molar-refractivity contribution in [2.75, 3.05) is 11.9 Å². The zero-order valence-corrected chi connectivity index (χ0v) is 16.0. The van der Waals surface area contributed by atoms with Gasteiger partial charge < -0.3 is 10.1 Å². The topological polar surface area (TPSA) is 102 Å². The molecule has 2 aromatic rings. The first-order valence-electron chi connectivity index (χ1n) is 8.45. The van der Waals surface area contributed by atoms with Gasteiger partial charge in [0, 0.05) is 5.69 Å². The molecule has 1 unspecified atom stereocenters. The molecule has 2 N–H and O–H groups in total. The molecule has 0 fully saturated rings. The molecule has 0 radical (unpaired) electrons. The molecule has 2 rings (SSSR count). The van der Waals surface area contributed by atoms with E-state index in [2.05, 4.69) is 10.0 Å². The fourth-order valence-electron chi connectivity index (χ4n) is 2.35. The van der Waals surface area contributed by atoms with Crippen molar-refractivity contribution >= 4 is 27.6 Å². The van der Waals surface area contributed by atoms with Gasteiger partial charge in [0.05, 0.1) is 4.90 Å². The summed E-state index contributed by atoms with van der Waals surface area (Å²) in [5.74, 6) is -1.34. The first-order valence-corrected chi connectivity index (χ1v) is 9.93. The molecule has 0 aliphatic heterocycles. The molecular formula is C19H22N2O5S. The number of anilines is 1. The minimum atomic E-state index is -3.85. The van der Waals surface area contributed by atoms with E-state index in [0.717, 1.165) is 12.0 Å². The Balaban J connectivity index is 1.88. The molecule has 8 heteroatoms. The van der Waals surface area contributed by atoms with Crippen molar-refractivity contribution in [1.82, 2.24) is 4.72 Å². The number of amides is 1. The van der Waals surface area contributed by atoms with Gasteiger partial charge in [0.25, 0.3) is 5.91 Å². The maximum absolute atomic E-state index is 12.2. The maximum Gasteiger partial charge on any atom is 0.324 e. The number of rotatable bonds is 8. The SMILES string of the molecule is CCc1ccccc1NC(=O)COC(=O)C(C)NS(=O)(=O)c1ccccc1. The van der Waals surface area contributed by atoms with E-state index < -0.39 is 34.5 Å². The number of hydrogen-bond acceptors (Lipinski definition) is 5. The van der Waals surface area contributed by atoms with Crippen LogP contribution in [0.25, 0.3) is 0 Å². The average molecular weight is 390 g/mol. The van der Waals surface area contributed by atoms with Gasteiger partial charge in [-0.1, -0.05) is 43.3 Å². The molecule has 0 aliphatic carbocycles. The molecule has 0 bridgehead atoms. The number of carbonyl (C=O) groups is 2. The fourth-order valence-corrected chi connectivity index (χ4v) is 3.56. The van der Waals surface area contributed by atoms with Crippen LogP contribution in [0.15, 0.2) is 59.5 Å². The predicted molar refractivity (Wildman–Crippen MR) is 102 cm³/mol. The van der Waals surface area contributed by atoms with Crippen LogP contribution in [-0.4, -0.2) is 32.9 Å². The summed E-state index contributed by atoms with van der Waals surface area (Å²) < 4.78 is 31.5. The highest BCUT2D eigenvalue weighted by Gasteiger charge is 2.23. The molecular weight excluding hydrogens is 368 g/mol. The van der Waals surface area contributed by atoms with Crippen molar-refractivity contribution in [3.8, 4) is 0 Å². The lowest BCUT2D eigenvalue weighted by Gasteiger charge is -2.14. The van der Waals surface area contributed by atoms with E-state index in [9.17, 15) is 18.0 Å². The number of esters is 1. The lowest BCUT2D eigenvalue weighted by atomic mass is 10.1. The van der Waals surface area contributed by atoms with Crippen LogP contribution in [0.1, 0.15) is 19.4 Å². The van der Waals surface area contributed by atoms with Crippen molar-refractivity contribution < 1.29 is 22.7 Å². The molecule has 144 valence electrons. The first-order chi connectivity index (χ1) is 12.8. The first kappa shape index (κ1) is 20.6. The van der Waals surface area contributed by atoms with Gasteiger partial charge in [-0.15, -0.1) is 0 Å². The van der Waals surface area contributed by atoms with Gasteiger partial charge >= 0.3 is 5.97 Å². The molecule has 2 aromatic carbocycles. The summed E-state index contributed by atoms with van der Waals surface area (Å²) in [4.78, 5) is 24.0. The Hall–Kier alpha value is -2.71. The molecule has 7 nitrogen and oxygen atoms in total. The average Bonchev–Trinajstić information content (AvgIpc) is 2.66. The van der Waals surface area contributed by atoms with Crippen LogP contribution in [-0.2, 0) is 30.8 Å². The standard InChI is InChI=1S/C19H22N2O5S/c1-3-15-9-7-8-12-17(15)20-18(22)13-26-19(23)14(2)21-27(24,25)16-10-5-4-6-11-16/h4-12,14,21H,3,13H2,1-2H3,(H,20,22). The summed E-state index contributed by atoms with van der Waals surface area (Å²) in [6.45, 7) is 2.81. The van der Waals surface area contributed by atoms with Crippen LogP contribution in [0.5, 0.6) is 0 Å². The van der Waals surface area contributed by atoms with Gasteiger partial charge in [0.15, 0.2) is 6.61 Å². The Bertz CT molecular complexity index is 897. The number of nitrogens with one attached hydrogen (secondary N) is 2.